The standard InChI is InChI=1S/C11H11N3O.ClH/c12-5-8-2-1-3-9(4-8)6-14-7-10(13)11(14)15;/h1-4,10H,6-7,13H2;1H. The van der Waals surface area contributed by atoms with Gasteiger partial charge < -0.3 is 10.6 Å². The van der Waals surface area contributed by atoms with Gasteiger partial charge in [0.15, 0.2) is 0 Å². The van der Waals surface area contributed by atoms with E-state index in [-0.39, 0.29) is 24.4 Å². The highest BCUT2D eigenvalue weighted by molar-refractivity contribution is 5.87. The Bertz CT molecular complexity index is 441. The molecular weight excluding hydrogens is 226 g/mol. The average Bonchev–Trinajstić information content (AvgIpc) is 2.28. The molecular formula is C11H12ClN3O. The van der Waals surface area contributed by atoms with Crippen molar-refractivity contribution in [3.63, 3.8) is 0 Å². The molecule has 1 aromatic rings. The molecule has 1 saturated heterocycles. The van der Waals surface area contributed by atoms with Gasteiger partial charge in [-0.3, -0.25) is 4.79 Å². The van der Waals surface area contributed by atoms with Crippen molar-refractivity contribution in [2.24, 2.45) is 5.73 Å². The lowest BCUT2D eigenvalue weighted by Crippen LogP contribution is -2.60. The maximum absolute atomic E-state index is 11.3. The third-order valence-electron chi connectivity index (χ3n) is 2.48. The molecule has 16 heavy (non-hydrogen) atoms. The average molecular weight is 238 g/mol. The zero-order valence-electron chi connectivity index (χ0n) is 8.59. The van der Waals surface area contributed by atoms with Crippen LogP contribution in [0.2, 0.25) is 0 Å². The number of carbonyl (C=O) groups excluding carboxylic acids is 1. The molecule has 0 radical (unpaired) electrons. The monoisotopic (exact) mass is 237 g/mol. The van der Waals surface area contributed by atoms with Crippen molar-refractivity contribution < 1.29 is 4.79 Å². The number of nitrogens with two attached hydrogens (primary N) is 1. The summed E-state index contributed by atoms with van der Waals surface area (Å²) in [5.41, 5.74) is 7.06. The van der Waals surface area contributed by atoms with E-state index in [0.717, 1.165) is 5.56 Å². The molecule has 0 aromatic heterocycles. The smallest absolute Gasteiger partial charge is 0.241 e. The molecule has 1 unspecified atom stereocenters. The van der Waals surface area contributed by atoms with E-state index in [4.69, 9.17) is 11.0 Å². The fourth-order valence-electron chi connectivity index (χ4n) is 1.63. The van der Waals surface area contributed by atoms with Gasteiger partial charge in [0, 0.05) is 13.1 Å². The molecule has 5 heteroatoms. The Hall–Kier alpha value is -1.57. The molecule has 1 amide bonds. The van der Waals surface area contributed by atoms with Crippen molar-refractivity contribution in [1.29, 1.82) is 5.26 Å². The first-order valence-corrected chi connectivity index (χ1v) is 4.74. The summed E-state index contributed by atoms with van der Waals surface area (Å²) >= 11 is 0. The fourth-order valence-corrected chi connectivity index (χ4v) is 1.63. The zero-order valence-corrected chi connectivity index (χ0v) is 9.41. The molecule has 1 heterocycles. The summed E-state index contributed by atoms with van der Waals surface area (Å²) in [6.07, 6.45) is 0. The topological polar surface area (TPSA) is 70.1 Å². The Morgan fingerprint density at radius 1 is 1.56 bits per heavy atom. The van der Waals surface area contributed by atoms with E-state index >= 15 is 0 Å². The summed E-state index contributed by atoms with van der Waals surface area (Å²) in [6, 6.07) is 8.99. The molecule has 1 atom stereocenters. The first-order chi connectivity index (χ1) is 7.20. The maximum Gasteiger partial charge on any atom is 0.241 e. The third-order valence-corrected chi connectivity index (χ3v) is 2.48. The van der Waals surface area contributed by atoms with E-state index in [1.54, 1.807) is 17.0 Å². The normalized spacial score (nSPS) is 18.4. The molecule has 1 aliphatic heterocycles. The van der Waals surface area contributed by atoms with Crippen molar-refractivity contribution in [1.82, 2.24) is 4.90 Å². The molecule has 2 rings (SSSR count). The third kappa shape index (κ3) is 2.32. The maximum atomic E-state index is 11.3. The van der Waals surface area contributed by atoms with E-state index in [0.29, 0.717) is 18.7 Å². The van der Waals surface area contributed by atoms with Crippen molar-refractivity contribution >= 4 is 18.3 Å². The molecule has 0 saturated carbocycles. The SMILES string of the molecule is Cl.N#Cc1cccc(CN2CC(N)C2=O)c1. The van der Waals surface area contributed by atoms with Gasteiger partial charge in [0.1, 0.15) is 6.04 Å². The summed E-state index contributed by atoms with van der Waals surface area (Å²) in [5.74, 6) is -0.0163. The van der Waals surface area contributed by atoms with Crippen molar-refractivity contribution in [2.45, 2.75) is 12.6 Å². The van der Waals surface area contributed by atoms with Crippen LogP contribution in [0.3, 0.4) is 0 Å². The van der Waals surface area contributed by atoms with Crippen LogP contribution in [0.5, 0.6) is 0 Å². The number of amides is 1. The van der Waals surface area contributed by atoms with Gasteiger partial charge in [-0.2, -0.15) is 5.26 Å². The lowest BCUT2D eigenvalue weighted by Gasteiger charge is -2.36. The molecule has 1 aliphatic rings. The molecule has 1 fully saturated rings. The minimum absolute atomic E-state index is 0. The van der Waals surface area contributed by atoms with Gasteiger partial charge in [-0.25, -0.2) is 0 Å². The van der Waals surface area contributed by atoms with Crippen LogP contribution in [-0.4, -0.2) is 23.4 Å². The van der Waals surface area contributed by atoms with Gasteiger partial charge in [-0.15, -0.1) is 12.4 Å². The van der Waals surface area contributed by atoms with E-state index in [2.05, 4.69) is 6.07 Å². The number of nitrogens with zero attached hydrogens (tertiary/aromatic N) is 2. The van der Waals surface area contributed by atoms with Crippen LogP contribution in [0.4, 0.5) is 0 Å². The van der Waals surface area contributed by atoms with Gasteiger partial charge in [0.05, 0.1) is 11.6 Å². The zero-order chi connectivity index (χ0) is 10.8. The highest BCUT2D eigenvalue weighted by Gasteiger charge is 2.32. The molecule has 2 N–H and O–H groups in total. The number of hydrogen-bond donors (Lipinski definition) is 1. The van der Waals surface area contributed by atoms with Crippen molar-refractivity contribution in [2.75, 3.05) is 6.54 Å². The van der Waals surface area contributed by atoms with Crippen LogP contribution in [0, 0.1) is 11.3 Å². The molecule has 1 aromatic carbocycles. The van der Waals surface area contributed by atoms with Gasteiger partial charge in [-0.05, 0) is 17.7 Å². The Kier molecular flexibility index (Phi) is 3.88. The highest BCUT2D eigenvalue weighted by atomic mass is 35.5. The molecule has 84 valence electrons. The second-order valence-corrected chi connectivity index (χ2v) is 3.64. The minimum atomic E-state index is -0.329. The first kappa shape index (κ1) is 12.5. The second kappa shape index (κ2) is 4.97. The first-order valence-electron chi connectivity index (χ1n) is 4.74. The summed E-state index contributed by atoms with van der Waals surface area (Å²) in [4.78, 5) is 12.9. The van der Waals surface area contributed by atoms with Crippen LogP contribution < -0.4 is 5.73 Å². The molecule has 0 bridgehead atoms. The Labute approximate surface area is 100 Å². The second-order valence-electron chi connectivity index (χ2n) is 3.64. The quantitative estimate of drug-likeness (QED) is 0.768. The van der Waals surface area contributed by atoms with E-state index < -0.39 is 0 Å². The van der Waals surface area contributed by atoms with Gasteiger partial charge in [0.2, 0.25) is 5.91 Å². The van der Waals surface area contributed by atoms with Crippen LogP contribution in [-0.2, 0) is 11.3 Å². The number of rotatable bonds is 2. The largest absolute Gasteiger partial charge is 0.335 e. The number of halogens is 1. The van der Waals surface area contributed by atoms with Crippen molar-refractivity contribution in [3.05, 3.63) is 35.4 Å². The van der Waals surface area contributed by atoms with Crippen LogP contribution >= 0.6 is 12.4 Å². The number of β-lactam (4-membered cyclic amide) rings is 1. The van der Waals surface area contributed by atoms with Crippen LogP contribution in [0.15, 0.2) is 24.3 Å². The number of likely N-dealkylation sites (tertiary alicyclic amines) is 1. The Balaban J connectivity index is 0.00000128. The summed E-state index contributed by atoms with van der Waals surface area (Å²) in [5, 5.41) is 8.71. The predicted molar refractivity (Wildman–Crippen MR) is 61.8 cm³/mol. The number of hydrogen-bond acceptors (Lipinski definition) is 3. The fraction of sp³-hybridized carbons (Fsp3) is 0.273. The van der Waals surface area contributed by atoms with Gasteiger partial charge in [0.25, 0.3) is 0 Å². The Morgan fingerprint density at radius 3 is 2.88 bits per heavy atom. The highest BCUT2D eigenvalue weighted by Crippen LogP contribution is 2.14. The minimum Gasteiger partial charge on any atom is -0.335 e. The lowest BCUT2D eigenvalue weighted by molar-refractivity contribution is -0.143. The molecule has 0 spiro atoms. The Morgan fingerprint density at radius 2 is 2.31 bits per heavy atom. The number of carbonyl (C=O) groups is 1. The van der Waals surface area contributed by atoms with Gasteiger partial charge in [-0.1, -0.05) is 12.1 Å². The predicted octanol–water partition coefficient (Wildman–Crippen LogP) is 0.650. The number of nitriles is 1. The van der Waals surface area contributed by atoms with E-state index in [9.17, 15) is 4.79 Å². The lowest BCUT2D eigenvalue weighted by atomic mass is 10.1. The van der Waals surface area contributed by atoms with Gasteiger partial charge >= 0.3 is 0 Å². The molecule has 4 nitrogen and oxygen atoms in total. The van der Waals surface area contributed by atoms with E-state index in [1.165, 1.54) is 0 Å². The molecule has 0 aliphatic carbocycles. The van der Waals surface area contributed by atoms with Crippen LogP contribution in [0.25, 0.3) is 0 Å². The summed E-state index contributed by atoms with van der Waals surface area (Å²) < 4.78 is 0. The number of benzene rings is 1. The van der Waals surface area contributed by atoms with E-state index in [1.807, 2.05) is 12.1 Å². The van der Waals surface area contributed by atoms with Crippen molar-refractivity contribution in [3.8, 4) is 6.07 Å². The van der Waals surface area contributed by atoms with Crippen LogP contribution in [0.1, 0.15) is 11.1 Å². The summed E-state index contributed by atoms with van der Waals surface area (Å²) in [7, 11) is 0. The summed E-state index contributed by atoms with van der Waals surface area (Å²) in [6.45, 7) is 1.15.